The molecule has 6 heteroatoms. The van der Waals surface area contributed by atoms with Gasteiger partial charge in [0.25, 0.3) is 5.91 Å². The van der Waals surface area contributed by atoms with Crippen LogP contribution in [0.4, 0.5) is 0 Å². The summed E-state index contributed by atoms with van der Waals surface area (Å²) in [6, 6.07) is 32.1. The van der Waals surface area contributed by atoms with E-state index >= 15 is 0 Å². The molecule has 0 saturated carbocycles. The Kier molecular flexibility index (Phi) is 5.39. The molecule has 0 fully saturated rings. The molecule has 0 aliphatic rings. The molecule has 0 saturated heterocycles. The Labute approximate surface area is 207 Å². The van der Waals surface area contributed by atoms with Gasteiger partial charge in [-0.1, -0.05) is 78.9 Å². The van der Waals surface area contributed by atoms with Gasteiger partial charge in [-0.05, 0) is 50.5 Å². The molecule has 0 atom stereocenters. The summed E-state index contributed by atoms with van der Waals surface area (Å²) < 4.78 is 5.58. The van der Waals surface area contributed by atoms with Crippen molar-refractivity contribution >= 4 is 44.4 Å². The summed E-state index contributed by atoms with van der Waals surface area (Å²) in [6.45, 7) is 0. The molecule has 1 aromatic heterocycles. The average molecular weight is 471 g/mol. The number of aromatic amines is 1. The molecule has 5 aromatic carbocycles. The van der Waals surface area contributed by atoms with Gasteiger partial charge in [0.2, 0.25) is 0 Å². The lowest BCUT2D eigenvalue weighted by Crippen LogP contribution is -2.18. The van der Waals surface area contributed by atoms with Crippen LogP contribution < -0.4 is 10.2 Å². The Morgan fingerprint density at radius 1 is 0.833 bits per heavy atom. The Bertz CT molecular complexity index is 1730. The predicted octanol–water partition coefficient (Wildman–Crippen LogP) is 6.31. The van der Waals surface area contributed by atoms with E-state index in [1.807, 2.05) is 60.7 Å². The van der Waals surface area contributed by atoms with Crippen LogP contribution in [0.25, 0.3) is 43.6 Å². The van der Waals surface area contributed by atoms with Crippen LogP contribution in [-0.2, 0) is 0 Å². The van der Waals surface area contributed by atoms with Crippen LogP contribution in [0.3, 0.4) is 0 Å². The van der Waals surface area contributed by atoms with Gasteiger partial charge in [-0.3, -0.25) is 9.89 Å². The lowest BCUT2D eigenvalue weighted by Gasteiger charge is -2.09. The summed E-state index contributed by atoms with van der Waals surface area (Å²) in [5, 5.41) is 18.0. The van der Waals surface area contributed by atoms with Crippen molar-refractivity contribution in [1.82, 2.24) is 15.6 Å². The molecule has 0 unspecified atom stereocenters. The Hall–Kier alpha value is -4.97. The largest absolute Gasteiger partial charge is 0.496 e. The summed E-state index contributed by atoms with van der Waals surface area (Å²) in [5.74, 6) is 0.307. The number of hydrazone groups is 1. The van der Waals surface area contributed by atoms with Gasteiger partial charge in [0.05, 0.1) is 24.6 Å². The highest BCUT2D eigenvalue weighted by molar-refractivity contribution is 6.13. The van der Waals surface area contributed by atoms with Crippen LogP contribution in [0, 0.1) is 0 Å². The first-order valence-corrected chi connectivity index (χ1v) is 11.6. The Morgan fingerprint density at radius 3 is 2.17 bits per heavy atom. The fourth-order valence-electron chi connectivity index (χ4n) is 4.66. The highest BCUT2D eigenvalue weighted by atomic mass is 16.5. The number of aromatic nitrogens is 2. The second-order valence-electron chi connectivity index (χ2n) is 8.46. The number of benzene rings is 5. The number of rotatable bonds is 5. The van der Waals surface area contributed by atoms with Crippen LogP contribution in [0.15, 0.2) is 102 Å². The van der Waals surface area contributed by atoms with Crippen LogP contribution in [-0.4, -0.2) is 29.4 Å². The summed E-state index contributed by atoms with van der Waals surface area (Å²) in [7, 11) is 1.62. The normalized spacial score (nSPS) is 11.5. The monoisotopic (exact) mass is 470 g/mol. The van der Waals surface area contributed by atoms with Crippen molar-refractivity contribution in [3.8, 4) is 17.0 Å². The van der Waals surface area contributed by atoms with Gasteiger partial charge in [-0.25, -0.2) is 5.43 Å². The first-order valence-electron chi connectivity index (χ1n) is 11.6. The minimum Gasteiger partial charge on any atom is -0.496 e. The zero-order valence-corrected chi connectivity index (χ0v) is 19.5. The number of methoxy groups -OCH3 is 1. The van der Waals surface area contributed by atoms with Gasteiger partial charge in [-0.2, -0.15) is 10.2 Å². The van der Waals surface area contributed by atoms with Crippen LogP contribution in [0.5, 0.6) is 5.75 Å². The standard InChI is InChI=1S/C30H22N4O2/c1-36-28-15-14-19-8-2-7-13-24(19)29(28)26-17-27(33-32-26)30(35)34-31-18-25-22-11-5-3-9-20(22)16-21-10-4-6-12-23(21)25/h2-18H,1H3,(H,32,33)(H,34,35). The van der Waals surface area contributed by atoms with Crippen molar-refractivity contribution in [2.75, 3.05) is 7.11 Å². The van der Waals surface area contributed by atoms with E-state index in [4.69, 9.17) is 4.74 Å². The predicted molar refractivity (Wildman–Crippen MR) is 145 cm³/mol. The molecule has 0 aliphatic carbocycles. The maximum atomic E-state index is 12.9. The van der Waals surface area contributed by atoms with E-state index in [1.54, 1.807) is 19.4 Å². The fourth-order valence-corrected chi connectivity index (χ4v) is 4.66. The number of nitrogens with one attached hydrogen (secondary N) is 2. The van der Waals surface area contributed by atoms with Crippen molar-refractivity contribution in [3.63, 3.8) is 0 Å². The van der Waals surface area contributed by atoms with Gasteiger partial charge in [0, 0.05) is 5.56 Å². The first-order chi connectivity index (χ1) is 17.7. The summed E-state index contributed by atoms with van der Waals surface area (Å²) in [5.41, 5.74) is 5.35. The topological polar surface area (TPSA) is 79.4 Å². The molecule has 6 nitrogen and oxygen atoms in total. The quantitative estimate of drug-likeness (QED) is 0.176. The second-order valence-corrected chi connectivity index (χ2v) is 8.46. The molecule has 36 heavy (non-hydrogen) atoms. The summed E-state index contributed by atoms with van der Waals surface area (Å²) in [6.07, 6.45) is 1.70. The van der Waals surface area contributed by atoms with E-state index in [1.165, 1.54) is 0 Å². The maximum absolute atomic E-state index is 12.9. The smallest absolute Gasteiger partial charge is 0.289 e. The van der Waals surface area contributed by atoms with Gasteiger partial charge in [0.1, 0.15) is 11.4 Å². The number of nitrogens with zero attached hydrogens (tertiary/aromatic N) is 2. The third-order valence-corrected chi connectivity index (χ3v) is 6.36. The molecular formula is C30H22N4O2. The summed E-state index contributed by atoms with van der Waals surface area (Å²) in [4.78, 5) is 12.9. The van der Waals surface area contributed by atoms with Crippen LogP contribution in [0.2, 0.25) is 0 Å². The van der Waals surface area contributed by atoms with Gasteiger partial charge in [-0.15, -0.1) is 0 Å². The van der Waals surface area contributed by atoms with Crippen molar-refractivity contribution in [1.29, 1.82) is 0 Å². The number of carbonyl (C=O) groups excluding carboxylic acids is 1. The molecule has 0 aliphatic heterocycles. The van der Waals surface area contributed by atoms with Gasteiger partial charge in [0.15, 0.2) is 0 Å². The zero-order valence-electron chi connectivity index (χ0n) is 19.5. The molecule has 6 rings (SSSR count). The minimum absolute atomic E-state index is 0.305. The number of carbonyl (C=O) groups is 1. The third-order valence-electron chi connectivity index (χ3n) is 6.36. The van der Waals surface area contributed by atoms with E-state index in [0.29, 0.717) is 17.1 Å². The summed E-state index contributed by atoms with van der Waals surface area (Å²) >= 11 is 0. The van der Waals surface area contributed by atoms with E-state index in [-0.39, 0.29) is 5.91 Å². The molecular weight excluding hydrogens is 448 g/mol. The molecule has 0 radical (unpaired) electrons. The molecule has 2 N–H and O–H groups in total. The van der Waals surface area contributed by atoms with E-state index in [9.17, 15) is 4.79 Å². The van der Waals surface area contributed by atoms with Crippen molar-refractivity contribution < 1.29 is 9.53 Å². The average Bonchev–Trinajstić information content (AvgIpc) is 3.42. The Morgan fingerprint density at radius 2 is 1.47 bits per heavy atom. The second kappa shape index (κ2) is 9.00. The zero-order chi connectivity index (χ0) is 24.5. The highest BCUT2D eigenvalue weighted by Gasteiger charge is 2.16. The van der Waals surface area contributed by atoms with E-state index in [2.05, 4.69) is 51.1 Å². The van der Waals surface area contributed by atoms with Crippen LogP contribution >= 0.6 is 0 Å². The lowest BCUT2D eigenvalue weighted by atomic mass is 9.97. The number of amides is 1. The number of H-pyrrole nitrogens is 1. The van der Waals surface area contributed by atoms with E-state index < -0.39 is 0 Å². The number of fused-ring (bicyclic) bond motifs is 3. The lowest BCUT2D eigenvalue weighted by molar-refractivity contribution is 0.0950. The number of hydrogen-bond donors (Lipinski definition) is 2. The molecule has 6 aromatic rings. The van der Waals surface area contributed by atoms with E-state index in [0.717, 1.165) is 43.4 Å². The van der Waals surface area contributed by atoms with Gasteiger partial charge >= 0.3 is 0 Å². The Balaban J connectivity index is 1.31. The maximum Gasteiger partial charge on any atom is 0.289 e. The minimum atomic E-state index is -0.381. The molecule has 174 valence electrons. The number of hydrogen-bond acceptors (Lipinski definition) is 4. The van der Waals surface area contributed by atoms with Crippen molar-refractivity contribution in [2.45, 2.75) is 0 Å². The molecule has 1 heterocycles. The fraction of sp³-hybridized carbons (Fsp3) is 0.0333. The number of ether oxygens (including phenoxy) is 1. The van der Waals surface area contributed by atoms with Crippen LogP contribution in [0.1, 0.15) is 16.1 Å². The molecule has 0 bridgehead atoms. The molecule has 1 amide bonds. The SMILES string of the molecule is COc1ccc2ccccc2c1-c1cc(C(=O)NN=Cc2c3ccccc3cc3ccccc23)[nH]n1. The van der Waals surface area contributed by atoms with Gasteiger partial charge < -0.3 is 4.74 Å². The molecule has 0 spiro atoms. The highest BCUT2D eigenvalue weighted by Crippen LogP contribution is 2.36. The van der Waals surface area contributed by atoms with Crippen molar-refractivity contribution in [3.05, 3.63) is 108 Å². The van der Waals surface area contributed by atoms with Crippen molar-refractivity contribution in [2.24, 2.45) is 5.10 Å². The first kappa shape index (κ1) is 21.6. The third kappa shape index (κ3) is 3.75.